The van der Waals surface area contributed by atoms with Crippen LogP contribution in [0.4, 0.5) is 10.3 Å². The molecule has 0 saturated carbocycles. The first-order chi connectivity index (χ1) is 9.74. The second-order valence-electron chi connectivity index (χ2n) is 3.28. The number of nitrogen functional groups attached to an aromatic ring is 2. The molecule has 2 rings (SSSR count). The normalized spacial score (nSPS) is 9.20. The number of hydrogen-bond acceptors (Lipinski definition) is 8. The molecule has 20 heavy (non-hydrogen) atoms. The fraction of sp³-hybridized carbons (Fsp3) is 0.667. The number of nitrogens with zero attached hydrogens (tertiary/aromatic N) is 4. The van der Waals surface area contributed by atoms with Crippen molar-refractivity contribution >= 4 is 32.9 Å². The van der Waals surface area contributed by atoms with Crippen LogP contribution in [0.2, 0.25) is 0 Å². The lowest BCUT2D eigenvalue weighted by Gasteiger charge is -1.94. The maximum absolute atomic E-state index is 5.49. The number of aromatic nitrogens is 4. The van der Waals surface area contributed by atoms with Gasteiger partial charge in [0.2, 0.25) is 10.3 Å². The highest BCUT2D eigenvalue weighted by Gasteiger charge is 2.03. The number of unbranched alkanes of at least 4 members (excludes halogenated alkanes) is 1. The van der Waals surface area contributed by atoms with Crippen LogP contribution in [0.15, 0.2) is 0 Å². The molecule has 0 atom stereocenters. The summed E-state index contributed by atoms with van der Waals surface area (Å²) in [6, 6.07) is 0. The molecule has 0 aliphatic heterocycles. The van der Waals surface area contributed by atoms with Crippen molar-refractivity contribution in [2.45, 2.75) is 53.4 Å². The van der Waals surface area contributed by atoms with Crippen LogP contribution in [0.1, 0.15) is 50.6 Å². The fourth-order valence-electron chi connectivity index (χ4n) is 1.29. The Bertz CT molecular complexity index is 412. The summed E-state index contributed by atoms with van der Waals surface area (Å²) in [7, 11) is 0. The molecule has 0 radical (unpaired) electrons. The van der Waals surface area contributed by atoms with Crippen molar-refractivity contribution < 1.29 is 0 Å². The minimum atomic E-state index is 0.534. The summed E-state index contributed by atoms with van der Waals surface area (Å²) in [6.07, 6.45) is 3.94. The molecule has 4 N–H and O–H groups in total. The third-order valence-electron chi connectivity index (χ3n) is 2.00. The van der Waals surface area contributed by atoms with Gasteiger partial charge in [-0.1, -0.05) is 50.4 Å². The lowest BCUT2D eigenvalue weighted by molar-refractivity contribution is 0.718. The number of rotatable bonds is 5. The van der Waals surface area contributed by atoms with Crippen LogP contribution in [0.5, 0.6) is 0 Å². The summed E-state index contributed by atoms with van der Waals surface area (Å²) in [6.45, 7) is 8.00. The van der Waals surface area contributed by atoms with E-state index < -0.39 is 0 Å². The summed E-state index contributed by atoms with van der Waals surface area (Å²) in [4.78, 5) is 0. The first-order valence-electron chi connectivity index (χ1n) is 6.90. The van der Waals surface area contributed by atoms with E-state index in [1.165, 1.54) is 22.7 Å². The number of aryl methyl sites for hydroxylation is 2. The van der Waals surface area contributed by atoms with Crippen LogP contribution in [0.3, 0.4) is 0 Å². The molecule has 2 aromatic rings. The van der Waals surface area contributed by atoms with Gasteiger partial charge in [0, 0.05) is 12.8 Å². The summed E-state index contributed by atoms with van der Waals surface area (Å²) in [5, 5.41) is 18.5. The highest BCUT2D eigenvalue weighted by molar-refractivity contribution is 7.15. The SMILES string of the molecule is CC.CC.Nc1nnc(CCCCc2nnc(N)s2)s1. The Morgan fingerprint density at radius 3 is 1.30 bits per heavy atom. The van der Waals surface area contributed by atoms with Gasteiger partial charge in [-0.25, -0.2) is 0 Å². The van der Waals surface area contributed by atoms with Gasteiger partial charge >= 0.3 is 0 Å². The Labute approximate surface area is 128 Å². The van der Waals surface area contributed by atoms with E-state index in [1.807, 2.05) is 27.7 Å². The van der Waals surface area contributed by atoms with Crippen molar-refractivity contribution in [3.05, 3.63) is 10.0 Å². The molecule has 0 aliphatic rings. The van der Waals surface area contributed by atoms with Crippen LogP contribution in [-0.4, -0.2) is 20.4 Å². The Hall–Kier alpha value is -1.28. The number of nitrogens with two attached hydrogens (primary N) is 2. The molecular weight excluding hydrogens is 292 g/mol. The molecule has 2 aromatic heterocycles. The van der Waals surface area contributed by atoms with Gasteiger partial charge in [-0.05, 0) is 12.8 Å². The molecule has 0 fully saturated rings. The van der Waals surface area contributed by atoms with Gasteiger partial charge in [-0.3, -0.25) is 0 Å². The number of anilines is 2. The van der Waals surface area contributed by atoms with Gasteiger partial charge in [-0.15, -0.1) is 20.4 Å². The van der Waals surface area contributed by atoms with Crippen molar-refractivity contribution in [3.63, 3.8) is 0 Å². The van der Waals surface area contributed by atoms with E-state index in [0.29, 0.717) is 10.3 Å². The van der Waals surface area contributed by atoms with Gasteiger partial charge in [0.25, 0.3) is 0 Å². The standard InChI is InChI=1S/C8H12N6S2.2C2H6/c9-7-13-11-5(15-7)3-1-2-4-6-12-14-8(10)16-6;2*1-2/h1-4H2,(H2,9,13)(H2,10,14);2*1-2H3. The zero-order valence-corrected chi connectivity index (χ0v) is 14.2. The van der Waals surface area contributed by atoms with Crippen LogP contribution in [0.25, 0.3) is 0 Å². The maximum Gasteiger partial charge on any atom is 0.203 e. The molecule has 0 amide bonds. The van der Waals surface area contributed by atoms with Crippen molar-refractivity contribution in [1.82, 2.24) is 20.4 Å². The van der Waals surface area contributed by atoms with Gasteiger partial charge in [0.15, 0.2) is 0 Å². The monoisotopic (exact) mass is 316 g/mol. The summed E-state index contributed by atoms with van der Waals surface area (Å²) < 4.78 is 0. The van der Waals surface area contributed by atoms with E-state index in [1.54, 1.807) is 0 Å². The average Bonchev–Trinajstić information content (AvgIpc) is 3.08. The van der Waals surface area contributed by atoms with Crippen molar-refractivity contribution in [1.29, 1.82) is 0 Å². The van der Waals surface area contributed by atoms with Crippen molar-refractivity contribution in [2.24, 2.45) is 0 Å². The van der Waals surface area contributed by atoms with Gasteiger partial charge in [-0.2, -0.15) is 0 Å². The predicted octanol–water partition coefficient (Wildman–Crippen LogP) is 3.17. The Morgan fingerprint density at radius 1 is 0.700 bits per heavy atom. The zero-order chi connectivity index (χ0) is 15.4. The second kappa shape index (κ2) is 11.5. The van der Waals surface area contributed by atoms with E-state index >= 15 is 0 Å². The molecule has 0 saturated heterocycles. The molecular formula is C12H24N6S2. The molecule has 2 heterocycles. The van der Waals surface area contributed by atoms with Gasteiger partial charge in [0.1, 0.15) is 10.0 Å². The minimum absolute atomic E-state index is 0.534. The number of hydrogen-bond donors (Lipinski definition) is 2. The van der Waals surface area contributed by atoms with E-state index in [4.69, 9.17) is 11.5 Å². The van der Waals surface area contributed by atoms with Crippen LogP contribution >= 0.6 is 22.7 Å². The van der Waals surface area contributed by atoms with Crippen LogP contribution in [-0.2, 0) is 12.8 Å². The third kappa shape index (κ3) is 7.34. The smallest absolute Gasteiger partial charge is 0.203 e. The van der Waals surface area contributed by atoms with Crippen molar-refractivity contribution in [3.8, 4) is 0 Å². The lowest BCUT2D eigenvalue weighted by atomic mass is 10.2. The summed E-state index contributed by atoms with van der Waals surface area (Å²) >= 11 is 2.90. The van der Waals surface area contributed by atoms with Crippen molar-refractivity contribution in [2.75, 3.05) is 11.5 Å². The van der Waals surface area contributed by atoms with Crippen LogP contribution in [0, 0.1) is 0 Å². The third-order valence-corrected chi connectivity index (χ3v) is 3.62. The molecule has 0 aromatic carbocycles. The first-order valence-corrected chi connectivity index (χ1v) is 8.53. The molecule has 0 unspecified atom stereocenters. The molecule has 0 spiro atoms. The largest absolute Gasteiger partial charge is 0.374 e. The molecule has 114 valence electrons. The Morgan fingerprint density at radius 2 is 1.05 bits per heavy atom. The van der Waals surface area contributed by atoms with E-state index in [9.17, 15) is 0 Å². The van der Waals surface area contributed by atoms with Crippen LogP contribution < -0.4 is 11.5 Å². The van der Waals surface area contributed by atoms with E-state index in [-0.39, 0.29) is 0 Å². The van der Waals surface area contributed by atoms with E-state index in [0.717, 1.165) is 35.7 Å². The average molecular weight is 316 g/mol. The lowest BCUT2D eigenvalue weighted by Crippen LogP contribution is -1.88. The van der Waals surface area contributed by atoms with Gasteiger partial charge < -0.3 is 11.5 Å². The highest BCUT2D eigenvalue weighted by Crippen LogP contribution is 2.16. The second-order valence-corrected chi connectivity index (χ2v) is 5.46. The molecule has 8 heteroatoms. The Balaban J connectivity index is 0.000000829. The fourth-order valence-corrected chi connectivity index (χ4v) is 2.59. The molecule has 0 bridgehead atoms. The maximum atomic E-state index is 5.49. The minimum Gasteiger partial charge on any atom is -0.374 e. The quantitative estimate of drug-likeness (QED) is 0.821. The predicted molar refractivity (Wildman–Crippen MR) is 88.0 cm³/mol. The Kier molecular flexibility index (Phi) is 10.8. The summed E-state index contributed by atoms with van der Waals surface area (Å²) in [5.41, 5.74) is 11.0. The van der Waals surface area contributed by atoms with Gasteiger partial charge in [0.05, 0.1) is 0 Å². The van der Waals surface area contributed by atoms with E-state index in [2.05, 4.69) is 20.4 Å². The highest BCUT2D eigenvalue weighted by atomic mass is 32.1. The molecule has 6 nitrogen and oxygen atoms in total. The zero-order valence-electron chi connectivity index (χ0n) is 12.6. The topological polar surface area (TPSA) is 104 Å². The summed E-state index contributed by atoms with van der Waals surface area (Å²) in [5.74, 6) is 0. The molecule has 0 aliphatic carbocycles. The first kappa shape index (κ1) is 18.7.